The molecule has 130 valence electrons. The molecule has 1 aliphatic rings. The van der Waals surface area contributed by atoms with Crippen molar-refractivity contribution in [1.82, 2.24) is 9.97 Å². The molecular formula is C19H20N2O4. The van der Waals surface area contributed by atoms with Gasteiger partial charge in [-0.15, -0.1) is 0 Å². The zero-order chi connectivity index (χ0) is 18.2. The van der Waals surface area contributed by atoms with Crippen LogP contribution in [0.15, 0.2) is 24.5 Å². The van der Waals surface area contributed by atoms with Crippen LogP contribution in [0, 0.1) is 19.3 Å². The Morgan fingerprint density at radius 1 is 1.08 bits per heavy atom. The summed E-state index contributed by atoms with van der Waals surface area (Å²) in [6, 6.07) is 3.79. The average molecular weight is 340 g/mol. The molecule has 0 bridgehead atoms. The van der Waals surface area contributed by atoms with Crippen molar-refractivity contribution in [1.29, 1.82) is 0 Å². The van der Waals surface area contributed by atoms with Crippen LogP contribution in [-0.4, -0.2) is 36.1 Å². The number of pyridine rings is 2. The van der Waals surface area contributed by atoms with Crippen LogP contribution in [0.25, 0.3) is 11.3 Å². The van der Waals surface area contributed by atoms with Crippen molar-refractivity contribution >= 4 is 11.9 Å². The molecule has 0 amide bonds. The van der Waals surface area contributed by atoms with Gasteiger partial charge in [-0.1, -0.05) is 0 Å². The van der Waals surface area contributed by atoms with Crippen molar-refractivity contribution in [3.63, 3.8) is 0 Å². The standard InChI is InChI=1S/C19H20N2O4/c1-11-14-8-19(17(22)24-3,18(23)25-4)9-15(14)12(2)21-16(11)13-6-5-7-20-10-13/h5-7,10H,8-9H2,1-4H3. The zero-order valence-corrected chi connectivity index (χ0v) is 14.8. The van der Waals surface area contributed by atoms with E-state index in [1.54, 1.807) is 12.4 Å². The van der Waals surface area contributed by atoms with Crippen LogP contribution in [0.5, 0.6) is 0 Å². The summed E-state index contributed by atoms with van der Waals surface area (Å²) in [4.78, 5) is 33.7. The lowest BCUT2D eigenvalue weighted by Gasteiger charge is -2.22. The lowest BCUT2D eigenvalue weighted by atomic mass is 9.84. The maximum Gasteiger partial charge on any atom is 0.323 e. The number of carbonyl (C=O) groups excluding carboxylic acids is 2. The molecule has 1 aliphatic carbocycles. The Hall–Kier alpha value is -2.76. The molecule has 6 nitrogen and oxygen atoms in total. The molecule has 0 atom stereocenters. The average Bonchev–Trinajstić information content (AvgIpc) is 3.07. The summed E-state index contributed by atoms with van der Waals surface area (Å²) in [6.07, 6.45) is 3.96. The highest BCUT2D eigenvalue weighted by molar-refractivity contribution is 6.01. The van der Waals surface area contributed by atoms with Gasteiger partial charge in [0, 0.05) is 36.5 Å². The first-order valence-corrected chi connectivity index (χ1v) is 8.00. The molecule has 25 heavy (non-hydrogen) atoms. The summed E-state index contributed by atoms with van der Waals surface area (Å²) in [6.45, 7) is 3.85. The van der Waals surface area contributed by atoms with Gasteiger partial charge in [-0.25, -0.2) is 0 Å². The summed E-state index contributed by atoms with van der Waals surface area (Å²) in [5.74, 6) is -1.14. The Morgan fingerprint density at radius 3 is 2.28 bits per heavy atom. The fourth-order valence-corrected chi connectivity index (χ4v) is 3.59. The van der Waals surface area contributed by atoms with Gasteiger partial charge in [0.05, 0.1) is 19.9 Å². The molecule has 0 unspecified atom stereocenters. The number of ether oxygens (including phenoxy) is 2. The van der Waals surface area contributed by atoms with Crippen molar-refractivity contribution in [3.05, 3.63) is 46.9 Å². The largest absolute Gasteiger partial charge is 0.468 e. The smallest absolute Gasteiger partial charge is 0.323 e. The van der Waals surface area contributed by atoms with E-state index in [1.807, 2.05) is 26.0 Å². The molecule has 3 rings (SSSR count). The van der Waals surface area contributed by atoms with Crippen LogP contribution in [0.4, 0.5) is 0 Å². The van der Waals surface area contributed by atoms with Gasteiger partial charge in [0.25, 0.3) is 0 Å². The first-order chi connectivity index (χ1) is 11.9. The minimum atomic E-state index is -1.34. The minimum absolute atomic E-state index is 0.245. The number of esters is 2. The van der Waals surface area contributed by atoms with Gasteiger partial charge in [-0.3, -0.25) is 19.6 Å². The van der Waals surface area contributed by atoms with Crippen molar-refractivity contribution in [2.75, 3.05) is 14.2 Å². The minimum Gasteiger partial charge on any atom is -0.468 e. The fourth-order valence-electron chi connectivity index (χ4n) is 3.59. The van der Waals surface area contributed by atoms with Crippen molar-refractivity contribution < 1.29 is 19.1 Å². The highest BCUT2D eigenvalue weighted by Crippen LogP contribution is 2.43. The molecular weight excluding hydrogens is 320 g/mol. The molecule has 0 saturated carbocycles. The highest BCUT2D eigenvalue weighted by Gasteiger charge is 2.53. The summed E-state index contributed by atoms with van der Waals surface area (Å²) in [5, 5.41) is 0. The van der Waals surface area contributed by atoms with Gasteiger partial charge in [-0.05, 0) is 42.7 Å². The van der Waals surface area contributed by atoms with E-state index in [2.05, 4.69) is 4.98 Å². The topological polar surface area (TPSA) is 78.4 Å². The molecule has 0 aromatic carbocycles. The highest BCUT2D eigenvalue weighted by atomic mass is 16.5. The number of hydrogen-bond donors (Lipinski definition) is 0. The van der Waals surface area contributed by atoms with Crippen molar-refractivity contribution in [2.45, 2.75) is 26.7 Å². The second-order valence-corrected chi connectivity index (χ2v) is 6.29. The third-order valence-electron chi connectivity index (χ3n) is 4.93. The number of aromatic nitrogens is 2. The lowest BCUT2D eigenvalue weighted by molar-refractivity contribution is -0.168. The van der Waals surface area contributed by atoms with E-state index in [-0.39, 0.29) is 12.8 Å². The molecule has 2 aromatic rings. The number of methoxy groups -OCH3 is 2. The van der Waals surface area contributed by atoms with E-state index in [0.29, 0.717) is 0 Å². The van der Waals surface area contributed by atoms with Crippen molar-refractivity contribution in [3.8, 4) is 11.3 Å². The molecule has 6 heteroatoms. The quantitative estimate of drug-likeness (QED) is 0.629. The molecule has 0 spiro atoms. The van der Waals surface area contributed by atoms with E-state index in [4.69, 9.17) is 14.5 Å². The Bertz CT molecular complexity index is 830. The molecule has 0 N–H and O–H groups in total. The molecule has 0 saturated heterocycles. The van der Waals surface area contributed by atoms with Gasteiger partial charge >= 0.3 is 11.9 Å². The number of hydrogen-bond acceptors (Lipinski definition) is 6. The van der Waals surface area contributed by atoms with Crippen LogP contribution < -0.4 is 0 Å². The Morgan fingerprint density at radius 2 is 1.72 bits per heavy atom. The number of carbonyl (C=O) groups is 2. The second kappa shape index (κ2) is 6.27. The Balaban J connectivity index is 2.15. The van der Waals surface area contributed by atoms with E-state index >= 15 is 0 Å². The number of nitrogens with zero attached hydrogens (tertiary/aromatic N) is 2. The van der Waals surface area contributed by atoms with Gasteiger partial charge in [-0.2, -0.15) is 0 Å². The predicted octanol–water partition coefficient (Wildman–Crippen LogP) is 2.19. The third kappa shape index (κ3) is 2.58. The maximum atomic E-state index is 12.4. The Kier molecular flexibility index (Phi) is 4.29. The molecule has 2 heterocycles. The fraction of sp³-hybridized carbons (Fsp3) is 0.368. The molecule has 0 radical (unpaired) electrons. The molecule has 0 aliphatic heterocycles. The van der Waals surface area contributed by atoms with Gasteiger partial charge in [0.15, 0.2) is 5.41 Å². The summed E-state index contributed by atoms with van der Waals surface area (Å²) < 4.78 is 9.83. The van der Waals surface area contributed by atoms with E-state index in [0.717, 1.165) is 33.6 Å². The van der Waals surface area contributed by atoms with E-state index in [1.165, 1.54) is 14.2 Å². The molecule has 2 aromatic heterocycles. The number of aryl methyl sites for hydroxylation is 1. The third-order valence-corrected chi connectivity index (χ3v) is 4.93. The van der Waals surface area contributed by atoms with Crippen LogP contribution >= 0.6 is 0 Å². The van der Waals surface area contributed by atoms with Crippen LogP contribution in [0.2, 0.25) is 0 Å². The zero-order valence-electron chi connectivity index (χ0n) is 14.8. The summed E-state index contributed by atoms with van der Waals surface area (Å²) >= 11 is 0. The lowest BCUT2D eigenvalue weighted by Crippen LogP contribution is -2.42. The van der Waals surface area contributed by atoms with Gasteiger partial charge in [0.1, 0.15) is 0 Å². The first-order valence-electron chi connectivity index (χ1n) is 8.00. The van der Waals surface area contributed by atoms with Gasteiger partial charge in [0.2, 0.25) is 0 Å². The SMILES string of the molecule is COC(=O)C1(C(=O)OC)Cc2c(C)nc(-c3cccnc3)c(C)c2C1. The second-order valence-electron chi connectivity index (χ2n) is 6.29. The summed E-state index contributed by atoms with van der Waals surface area (Å²) in [5.41, 5.74) is 4.01. The predicted molar refractivity (Wildman–Crippen MR) is 90.8 cm³/mol. The Labute approximate surface area is 146 Å². The maximum absolute atomic E-state index is 12.4. The van der Waals surface area contributed by atoms with Crippen molar-refractivity contribution in [2.24, 2.45) is 5.41 Å². The number of fused-ring (bicyclic) bond motifs is 1. The van der Waals surface area contributed by atoms with Crippen LogP contribution in [0.3, 0.4) is 0 Å². The van der Waals surface area contributed by atoms with Crippen LogP contribution in [0.1, 0.15) is 22.4 Å². The van der Waals surface area contributed by atoms with E-state index in [9.17, 15) is 9.59 Å². The normalized spacial score (nSPS) is 14.7. The monoisotopic (exact) mass is 340 g/mol. The van der Waals surface area contributed by atoms with Crippen LogP contribution in [-0.2, 0) is 31.9 Å². The first kappa shape index (κ1) is 17.1. The number of rotatable bonds is 3. The van der Waals surface area contributed by atoms with Gasteiger partial charge < -0.3 is 9.47 Å². The summed E-state index contributed by atoms with van der Waals surface area (Å²) in [7, 11) is 2.57. The van der Waals surface area contributed by atoms with E-state index < -0.39 is 17.4 Å². The molecule has 0 fully saturated rings.